The number of urea groups is 1. The van der Waals surface area contributed by atoms with E-state index in [9.17, 15) is 13.2 Å². The molecule has 1 unspecified atom stereocenters. The first kappa shape index (κ1) is 17.9. The standard InChI is InChI=1S/C16H18N4O5S/c1-10-8-13(24-3)18-14(17-10)19-15(21)20-26(22,23)16(2)9-11-6-4-5-7-12(11)25-16/h4-8H,9H2,1-3H3,(H2,17,18,19,20,21). The molecule has 0 saturated carbocycles. The van der Waals surface area contributed by atoms with Gasteiger partial charge in [0.1, 0.15) is 5.75 Å². The van der Waals surface area contributed by atoms with E-state index in [0.29, 0.717) is 11.4 Å². The molecule has 2 aromatic rings. The molecule has 2 heterocycles. The maximum Gasteiger partial charge on any atom is 0.335 e. The van der Waals surface area contributed by atoms with Gasteiger partial charge in [-0.2, -0.15) is 4.98 Å². The van der Waals surface area contributed by atoms with Crippen LogP contribution in [0.25, 0.3) is 0 Å². The fourth-order valence-corrected chi connectivity index (χ4v) is 3.63. The smallest absolute Gasteiger partial charge is 0.335 e. The van der Waals surface area contributed by atoms with E-state index in [0.717, 1.165) is 5.56 Å². The summed E-state index contributed by atoms with van der Waals surface area (Å²) < 4.78 is 37.8. The SMILES string of the molecule is COc1cc(C)nc(NC(=O)NS(=O)(=O)C2(C)Cc3ccccc3O2)n1. The third-order valence-corrected chi connectivity index (χ3v) is 5.69. The number of nitrogens with one attached hydrogen (secondary N) is 2. The molecule has 1 aromatic carbocycles. The van der Waals surface area contributed by atoms with E-state index in [2.05, 4.69) is 15.3 Å². The molecule has 1 aliphatic heterocycles. The average molecular weight is 378 g/mol. The van der Waals surface area contributed by atoms with Crippen molar-refractivity contribution in [1.29, 1.82) is 0 Å². The fraction of sp³-hybridized carbons (Fsp3) is 0.312. The van der Waals surface area contributed by atoms with E-state index in [1.54, 1.807) is 37.3 Å². The summed E-state index contributed by atoms with van der Waals surface area (Å²) >= 11 is 0. The van der Waals surface area contributed by atoms with E-state index in [-0.39, 0.29) is 18.2 Å². The van der Waals surface area contributed by atoms with Crippen molar-refractivity contribution in [2.45, 2.75) is 25.2 Å². The molecule has 3 rings (SSSR count). The minimum Gasteiger partial charge on any atom is -0.481 e. The van der Waals surface area contributed by atoms with Crippen molar-refractivity contribution in [3.05, 3.63) is 41.6 Å². The molecule has 1 aliphatic rings. The third kappa shape index (κ3) is 3.40. The fourth-order valence-electron chi connectivity index (χ4n) is 2.57. The Bertz CT molecular complexity index is 936. The first-order chi connectivity index (χ1) is 12.2. The second-order valence-electron chi connectivity index (χ2n) is 5.96. The van der Waals surface area contributed by atoms with Gasteiger partial charge < -0.3 is 9.47 Å². The lowest BCUT2D eigenvalue weighted by atomic mass is 10.1. The maximum atomic E-state index is 12.7. The van der Waals surface area contributed by atoms with Crippen molar-refractivity contribution in [3.63, 3.8) is 0 Å². The van der Waals surface area contributed by atoms with E-state index in [1.807, 2.05) is 4.72 Å². The number of methoxy groups -OCH3 is 1. The number of anilines is 1. The van der Waals surface area contributed by atoms with Crippen LogP contribution in [-0.2, 0) is 16.4 Å². The van der Waals surface area contributed by atoms with Crippen molar-refractivity contribution < 1.29 is 22.7 Å². The van der Waals surface area contributed by atoms with E-state index in [4.69, 9.17) is 9.47 Å². The molecule has 0 fully saturated rings. The summed E-state index contributed by atoms with van der Waals surface area (Å²) in [6.07, 6.45) is 0.126. The molecule has 9 nitrogen and oxygen atoms in total. The van der Waals surface area contributed by atoms with Gasteiger partial charge in [0.15, 0.2) is 0 Å². The van der Waals surface area contributed by atoms with Gasteiger partial charge in [-0.15, -0.1) is 0 Å². The predicted octanol–water partition coefficient (Wildman–Crippen LogP) is 1.60. The number of hydrogen-bond acceptors (Lipinski definition) is 7. The van der Waals surface area contributed by atoms with Crippen LogP contribution in [-0.4, -0.2) is 36.5 Å². The Morgan fingerprint density at radius 3 is 2.73 bits per heavy atom. The number of carbonyl (C=O) groups is 1. The molecule has 10 heteroatoms. The van der Waals surface area contributed by atoms with Gasteiger partial charge in [0.25, 0.3) is 10.0 Å². The highest BCUT2D eigenvalue weighted by Gasteiger charge is 2.47. The molecular weight excluding hydrogens is 360 g/mol. The number of benzene rings is 1. The molecule has 0 aliphatic carbocycles. The molecular formula is C16H18N4O5S. The number of carbonyl (C=O) groups excluding carboxylic acids is 1. The molecule has 1 aromatic heterocycles. The lowest BCUT2D eigenvalue weighted by molar-refractivity contribution is 0.200. The number of sulfonamides is 1. The second-order valence-corrected chi connectivity index (χ2v) is 8.03. The van der Waals surface area contributed by atoms with Crippen molar-refractivity contribution >= 4 is 22.0 Å². The van der Waals surface area contributed by atoms with Crippen molar-refractivity contribution in [2.75, 3.05) is 12.4 Å². The van der Waals surface area contributed by atoms with Crippen LogP contribution in [0.5, 0.6) is 11.6 Å². The summed E-state index contributed by atoms with van der Waals surface area (Å²) in [4.78, 5) is 18.5. The summed E-state index contributed by atoms with van der Waals surface area (Å²) in [7, 11) is -2.72. The number of aromatic nitrogens is 2. The van der Waals surface area contributed by atoms with Crippen LogP contribution in [0.2, 0.25) is 0 Å². The number of aryl methyl sites for hydroxylation is 1. The Kier molecular flexibility index (Phi) is 4.45. The highest BCUT2D eigenvalue weighted by atomic mass is 32.2. The number of ether oxygens (including phenoxy) is 2. The van der Waals surface area contributed by atoms with Gasteiger partial charge in [-0.05, 0) is 25.5 Å². The topological polar surface area (TPSA) is 120 Å². The molecule has 2 amide bonds. The highest BCUT2D eigenvalue weighted by Crippen LogP contribution is 2.37. The highest BCUT2D eigenvalue weighted by molar-refractivity contribution is 7.91. The first-order valence-corrected chi connectivity index (χ1v) is 9.21. The predicted molar refractivity (Wildman–Crippen MR) is 93.6 cm³/mol. The third-order valence-electron chi connectivity index (χ3n) is 3.87. The van der Waals surface area contributed by atoms with Crippen LogP contribution in [0.4, 0.5) is 10.7 Å². The summed E-state index contributed by atoms with van der Waals surface area (Å²) in [6.45, 7) is 3.10. The molecule has 138 valence electrons. The number of para-hydroxylation sites is 1. The van der Waals surface area contributed by atoms with Gasteiger partial charge in [-0.3, -0.25) is 5.32 Å². The van der Waals surface area contributed by atoms with E-state index in [1.165, 1.54) is 14.0 Å². The first-order valence-electron chi connectivity index (χ1n) is 7.72. The number of fused-ring (bicyclic) bond motifs is 1. The molecule has 0 bridgehead atoms. The number of hydrogen-bond donors (Lipinski definition) is 2. The lowest BCUT2D eigenvalue weighted by Crippen LogP contribution is -2.50. The van der Waals surface area contributed by atoms with Gasteiger partial charge >= 0.3 is 6.03 Å². The summed E-state index contributed by atoms with van der Waals surface area (Å²) in [5, 5.41) is 2.29. The van der Waals surface area contributed by atoms with Crippen LogP contribution in [0, 0.1) is 6.92 Å². The monoisotopic (exact) mass is 378 g/mol. The van der Waals surface area contributed by atoms with Crippen molar-refractivity contribution in [1.82, 2.24) is 14.7 Å². The Morgan fingerprint density at radius 1 is 1.31 bits per heavy atom. The normalized spacial score (nSPS) is 18.6. The van der Waals surface area contributed by atoms with Gasteiger partial charge in [-0.25, -0.2) is 22.9 Å². The van der Waals surface area contributed by atoms with Gasteiger partial charge in [0, 0.05) is 18.2 Å². The quantitative estimate of drug-likeness (QED) is 0.829. The second kappa shape index (κ2) is 6.45. The number of amides is 2. The molecule has 26 heavy (non-hydrogen) atoms. The molecule has 1 atom stereocenters. The van der Waals surface area contributed by atoms with Gasteiger partial charge in [0.2, 0.25) is 16.8 Å². The summed E-state index contributed by atoms with van der Waals surface area (Å²) in [6, 6.07) is 7.60. The largest absolute Gasteiger partial charge is 0.481 e. The van der Waals surface area contributed by atoms with Crippen LogP contribution in [0.3, 0.4) is 0 Å². The average Bonchev–Trinajstić information content (AvgIpc) is 2.91. The summed E-state index contributed by atoms with van der Waals surface area (Å²) in [5.74, 6) is 0.653. The minimum absolute atomic E-state index is 0.0738. The zero-order valence-electron chi connectivity index (χ0n) is 14.4. The van der Waals surface area contributed by atoms with Crippen molar-refractivity contribution in [3.8, 4) is 11.6 Å². The summed E-state index contributed by atoms with van der Waals surface area (Å²) in [5.41, 5.74) is 1.31. The number of rotatable bonds is 4. The van der Waals surface area contributed by atoms with Crippen LogP contribution in [0.1, 0.15) is 18.2 Å². The van der Waals surface area contributed by atoms with Crippen molar-refractivity contribution in [2.24, 2.45) is 0 Å². The molecule has 0 spiro atoms. The van der Waals surface area contributed by atoms with Gasteiger partial charge in [0.05, 0.1) is 7.11 Å². The Hall–Kier alpha value is -2.88. The zero-order chi connectivity index (χ0) is 18.9. The maximum absolute atomic E-state index is 12.7. The van der Waals surface area contributed by atoms with E-state index >= 15 is 0 Å². The zero-order valence-corrected chi connectivity index (χ0v) is 15.3. The Morgan fingerprint density at radius 2 is 2.04 bits per heavy atom. The van der Waals surface area contributed by atoms with Crippen LogP contribution < -0.4 is 19.5 Å². The number of nitrogens with zero attached hydrogens (tertiary/aromatic N) is 2. The molecule has 0 radical (unpaired) electrons. The Labute approximate surface area is 150 Å². The molecule has 2 N–H and O–H groups in total. The Balaban J connectivity index is 1.74. The minimum atomic E-state index is -4.14. The van der Waals surface area contributed by atoms with Crippen LogP contribution >= 0.6 is 0 Å². The lowest BCUT2D eigenvalue weighted by Gasteiger charge is -2.24. The molecule has 0 saturated heterocycles. The van der Waals surface area contributed by atoms with Crippen LogP contribution in [0.15, 0.2) is 30.3 Å². The van der Waals surface area contributed by atoms with E-state index < -0.39 is 21.0 Å². The van der Waals surface area contributed by atoms with Gasteiger partial charge in [-0.1, -0.05) is 18.2 Å².